The number of rotatable bonds is 6. The number of anilines is 1. The number of fused-ring (bicyclic) bond motifs is 4. The lowest BCUT2D eigenvalue weighted by molar-refractivity contribution is -0.0498. The van der Waals surface area contributed by atoms with Crippen LogP contribution >= 0.6 is 0 Å². The van der Waals surface area contributed by atoms with Gasteiger partial charge in [0.25, 0.3) is 10.0 Å². The van der Waals surface area contributed by atoms with Crippen LogP contribution in [0.1, 0.15) is 24.0 Å². The molecule has 7 nitrogen and oxygen atoms in total. The molecule has 0 aliphatic heterocycles. The fraction of sp³-hybridized carbons (Fsp3) is 0.286. The number of nitrogens with one attached hydrogen (secondary N) is 1. The lowest BCUT2D eigenvalue weighted by Crippen LogP contribution is -2.20. The van der Waals surface area contributed by atoms with Crippen molar-refractivity contribution in [3.05, 3.63) is 53.6 Å². The number of ether oxygens (including phenoxy) is 2. The summed E-state index contributed by atoms with van der Waals surface area (Å²) in [7, 11) is -2.61. The molecule has 2 aromatic carbocycles. The van der Waals surface area contributed by atoms with Gasteiger partial charge in [-0.2, -0.15) is 8.78 Å². The summed E-state index contributed by atoms with van der Waals surface area (Å²) in [5.74, 6) is 0.637. The van der Waals surface area contributed by atoms with Crippen LogP contribution in [0.2, 0.25) is 0 Å². The Morgan fingerprint density at radius 3 is 2.68 bits per heavy atom. The van der Waals surface area contributed by atoms with Crippen molar-refractivity contribution in [1.82, 2.24) is 5.16 Å². The van der Waals surface area contributed by atoms with Crippen LogP contribution in [-0.2, 0) is 21.9 Å². The zero-order valence-corrected chi connectivity index (χ0v) is 17.2. The second kappa shape index (κ2) is 6.94. The van der Waals surface area contributed by atoms with E-state index in [2.05, 4.69) is 14.6 Å². The summed E-state index contributed by atoms with van der Waals surface area (Å²) in [6.45, 7) is -2.95. The molecule has 0 atom stereocenters. The second-order valence-corrected chi connectivity index (χ2v) is 9.29. The summed E-state index contributed by atoms with van der Waals surface area (Å²) in [5, 5.41) is 3.95. The fourth-order valence-corrected chi connectivity index (χ4v) is 5.37. The third kappa shape index (κ3) is 3.31. The van der Waals surface area contributed by atoms with Crippen molar-refractivity contribution in [2.45, 2.75) is 36.2 Å². The van der Waals surface area contributed by atoms with Crippen LogP contribution in [0.25, 0.3) is 11.3 Å². The van der Waals surface area contributed by atoms with Gasteiger partial charge in [-0.3, -0.25) is 4.72 Å². The van der Waals surface area contributed by atoms with E-state index in [0.717, 1.165) is 18.4 Å². The molecule has 0 radical (unpaired) electrons. The number of hydrogen-bond acceptors (Lipinski definition) is 6. The Balaban J connectivity index is 1.56. The maximum atomic E-state index is 13.0. The minimum Gasteiger partial charge on any atom is -0.495 e. The van der Waals surface area contributed by atoms with Crippen LogP contribution in [0.4, 0.5) is 14.6 Å². The highest BCUT2D eigenvalue weighted by atomic mass is 32.2. The first kappa shape index (κ1) is 19.8. The standard InChI is InChI=1S/C21H18F2N2O5S/c1-28-16-4-2-3-5-17(16)31(26,27)25-19-14-11-21(8-9-21)15-7-6-12(29-20(22)23)10-13(15)18(14)30-24-19/h2-7,10,20H,8-9,11H2,1H3,(H,24,25). The molecule has 0 saturated heterocycles. The highest BCUT2D eigenvalue weighted by molar-refractivity contribution is 7.92. The van der Waals surface area contributed by atoms with Crippen molar-refractivity contribution in [3.8, 4) is 22.8 Å². The van der Waals surface area contributed by atoms with E-state index in [-0.39, 0.29) is 27.6 Å². The van der Waals surface area contributed by atoms with Gasteiger partial charge in [-0.25, -0.2) is 8.42 Å². The van der Waals surface area contributed by atoms with Gasteiger partial charge in [0, 0.05) is 16.5 Å². The van der Waals surface area contributed by atoms with Crippen LogP contribution in [0, 0.1) is 0 Å². The van der Waals surface area contributed by atoms with E-state index < -0.39 is 16.6 Å². The molecular weight excluding hydrogens is 430 g/mol. The Labute approximate surface area is 177 Å². The molecule has 1 aromatic heterocycles. The Morgan fingerprint density at radius 2 is 1.97 bits per heavy atom. The Bertz CT molecular complexity index is 1270. The molecule has 1 fully saturated rings. The minimum absolute atomic E-state index is 0.00459. The first-order valence-electron chi connectivity index (χ1n) is 9.57. The van der Waals surface area contributed by atoms with E-state index in [9.17, 15) is 17.2 Å². The smallest absolute Gasteiger partial charge is 0.387 e. The van der Waals surface area contributed by atoms with Gasteiger partial charge in [0.15, 0.2) is 11.6 Å². The quantitative estimate of drug-likeness (QED) is 0.603. The molecule has 2 aliphatic rings. The molecule has 0 amide bonds. The number of alkyl halides is 2. The SMILES string of the molecule is COc1ccccc1S(=O)(=O)Nc1noc2c1CC1(CC1)c1ccc(OC(F)F)cc1-2. The molecule has 31 heavy (non-hydrogen) atoms. The largest absolute Gasteiger partial charge is 0.495 e. The summed E-state index contributed by atoms with van der Waals surface area (Å²) < 4.78 is 69.0. The highest BCUT2D eigenvalue weighted by Gasteiger charge is 2.50. The Hall–Kier alpha value is -3.14. The Kier molecular flexibility index (Phi) is 4.44. The molecule has 2 aliphatic carbocycles. The number of halogens is 2. The van der Waals surface area contributed by atoms with Crippen molar-refractivity contribution >= 4 is 15.8 Å². The monoisotopic (exact) mass is 448 g/mol. The molecule has 0 bridgehead atoms. The summed E-state index contributed by atoms with van der Waals surface area (Å²) >= 11 is 0. The first-order chi connectivity index (χ1) is 14.8. The zero-order valence-electron chi connectivity index (χ0n) is 16.4. The number of aromatic nitrogens is 1. The second-order valence-electron chi connectivity index (χ2n) is 7.64. The number of nitrogens with zero attached hydrogens (tertiary/aromatic N) is 1. The summed E-state index contributed by atoms with van der Waals surface area (Å²) in [6, 6.07) is 11.0. The van der Waals surface area contributed by atoms with Gasteiger partial charge in [0.1, 0.15) is 16.4 Å². The van der Waals surface area contributed by atoms with Gasteiger partial charge in [0.2, 0.25) is 0 Å². The van der Waals surface area contributed by atoms with E-state index in [1.165, 1.54) is 25.3 Å². The zero-order chi connectivity index (χ0) is 21.8. The molecule has 1 spiro atoms. The van der Waals surface area contributed by atoms with E-state index in [1.54, 1.807) is 24.3 Å². The summed E-state index contributed by atoms with van der Waals surface area (Å²) in [5.41, 5.74) is 1.98. The van der Waals surface area contributed by atoms with Crippen LogP contribution in [0.3, 0.4) is 0 Å². The highest BCUT2D eigenvalue weighted by Crippen LogP contribution is 2.58. The van der Waals surface area contributed by atoms with Gasteiger partial charge >= 0.3 is 6.61 Å². The van der Waals surface area contributed by atoms with E-state index >= 15 is 0 Å². The van der Waals surface area contributed by atoms with Gasteiger partial charge in [-0.1, -0.05) is 23.4 Å². The molecule has 162 valence electrons. The number of methoxy groups -OCH3 is 1. The normalized spacial score (nSPS) is 16.0. The van der Waals surface area contributed by atoms with Gasteiger partial charge in [-0.15, -0.1) is 0 Å². The molecule has 5 rings (SSSR count). The third-order valence-electron chi connectivity index (χ3n) is 5.78. The van der Waals surface area contributed by atoms with Crippen molar-refractivity contribution in [2.75, 3.05) is 11.8 Å². The summed E-state index contributed by atoms with van der Waals surface area (Å²) in [4.78, 5) is -0.0285. The molecule has 3 aromatic rings. The third-order valence-corrected chi connectivity index (χ3v) is 7.16. The predicted octanol–water partition coefficient (Wildman–Crippen LogP) is 4.34. The lowest BCUT2D eigenvalue weighted by atomic mass is 9.79. The average Bonchev–Trinajstić information content (AvgIpc) is 3.40. The minimum atomic E-state index is -4.00. The van der Waals surface area contributed by atoms with E-state index in [0.29, 0.717) is 23.3 Å². The van der Waals surface area contributed by atoms with Crippen LogP contribution in [0.15, 0.2) is 51.9 Å². The summed E-state index contributed by atoms with van der Waals surface area (Å²) in [6.07, 6.45) is 2.34. The fourth-order valence-electron chi connectivity index (χ4n) is 4.17. The topological polar surface area (TPSA) is 90.7 Å². The number of hydrogen-bond donors (Lipinski definition) is 1. The van der Waals surface area contributed by atoms with Gasteiger partial charge in [0.05, 0.1) is 7.11 Å². The van der Waals surface area contributed by atoms with Crippen molar-refractivity contribution < 1.29 is 31.2 Å². The average molecular weight is 448 g/mol. The molecule has 0 unspecified atom stereocenters. The Morgan fingerprint density at radius 1 is 1.19 bits per heavy atom. The van der Waals surface area contributed by atoms with Crippen molar-refractivity contribution in [3.63, 3.8) is 0 Å². The maximum Gasteiger partial charge on any atom is 0.387 e. The van der Waals surface area contributed by atoms with Crippen LogP contribution in [-0.4, -0.2) is 27.3 Å². The lowest BCUT2D eigenvalue weighted by Gasteiger charge is -2.25. The number of sulfonamides is 1. The van der Waals surface area contributed by atoms with Crippen molar-refractivity contribution in [1.29, 1.82) is 0 Å². The molecule has 10 heteroatoms. The number of benzene rings is 2. The molecule has 1 N–H and O–H groups in total. The number of para-hydroxylation sites is 1. The van der Waals surface area contributed by atoms with E-state index in [1.807, 2.05) is 0 Å². The van der Waals surface area contributed by atoms with Crippen LogP contribution in [0.5, 0.6) is 11.5 Å². The molecule has 1 saturated carbocycles. The van der Waals surface area contributed by atoms with Crippen LogP contribution < -0.4 is 14.2 Å². The van der Waals surface area contributed by atoms with Gasteiger partial charge < -0.3 is 14.0 Å². The molecular formula is C21H18F2N2O5S. The predicted molar refractivity (Wildman–Crippen MR) is 107 cm³/mol. The maximum absolute atomic E-state index is 13.0. The molecule has 1 heterocycles. The first-order valence-corrected chi connectivity index (χ1v) is 11.1. The van der Waals surface area contributed by atoms with Crippen molar-refractivity contribution in [2.24, 2.45) is 0 Å². The van der Waals surface area contributed by atoms with Gasteiger partial charge in [-0.05, 0) is 49.1 Å². The van der Waals surface area contributed by atoms with E-state index in [4.69, 9.17) is 9.26 Å².